The van der Waals surface area contributed by atoms with Crippen LogP contribution in [0.3, 0.4) is 0 Å². The normalized spacial score (nSPS) is 14.3. The maximum absolute atomic E-state index is 12.6. The predicted molar refractivity (Wildman–Crippen MR) is 105 cm³/mol. The molecule has 0 bridgehead atoms. The first-order valence-corrected chi connectivity index (χ1v) is 9.70. The van der Waals surface area contributed by atoms with Gasteiger partial charge in [-0.2, -0.15) is 0 Å². The van der Waals surface area contributed by atoms with Crippen molar-refractivity contribution in [3.63, 3.8) is 0 Å². The van der Waals surface area contributed by atoms with E-state index in [-0.39, 0.29) is 30.5 Å². The molecule has 0 radical (unpaired) electrons. The highest BCUT2D eigenvalue weighted by molar-refractivity contribution is 5.99. The van der Waals surface area contributed by atoms with Gasteiger partial charge in [-0.05, 0) is 50.1 Å². The minimum absolute atomic E-state index is 0.0235. The number of hydrogen-bond acceptors (Lipinski definition) is 5. The number of nitrogens with one attached hydrogen (secondary N) is 2. The largest absolute Gasteiger partial charge is 0.467 e. The number of piperidine rings is 1. The molecule has 8 heteroatoms. The molecule has 0 saturated carbocycles. The van der Waals surface area contributed by atoms with E-state index in [9.17, 15) is 14.4 Å². The van der Waals surface area contributed by atoms with Crippen LogP contribution in [0.5, 0.6) is 0 Å². The van der Waals surface area contributed by atoms with Gasteiger partial charge in [0.2, 0.25) is 0 Å². The molecule has 2 N–H and O–H groups in total. The van der Waals surface area contributed by atoms with Crippen LogP contribution in [0.15, 0.2) is 47.1 Å². The lowest BCUT2D eigenvalue weighted by Crippen LogP contribution is -2.46. The number of hydrogen-bond donors (Lipinski definition) is 2. The molecule has 1 aromatic heterocycles. The van der Waals surface area contributed by atoms with Gasteiger partial charge in [0, 0.05) is 30.3 Å². The molecule has 0 aliphatic carbocycles. The number of furan rings is 1. The van der Waals surface area contributed by atoms with Crippen LogP contribution < -0.4 is 10.6 Å². The molecule has 2 aromatic rings. The summed E-state index contributed by atoms with van der Waals surface area (Å²) in [5.41, 5.74) is 0.824. The summed E-state index contributed by atoms with van der Waals surface area (Å²) in [5.74, 6) is 0.139. The molecule has 3 rings (SSSR count). The molecule has 1 fully saturated rings. The molecule has 29 heavy (non-hydrogen) atoms. The summed E-state index contributed by atoms with van der Waals surface area (Å²) in [4.78, 5) is 38.3. The van der Waals surface area contributed by atoms with E-state index >= 15 is 0 Å². The van der Waals surface area contributed by atoms with Gasteiger partial charge in [-0.25, -0.2) is 4.79 Å². The second kappa shape index (κ2) is 9.77. The van der Waals surface area contributed by atoms with Gasteiger partial charge in [-0.3, -0.25) is 9.59 Å². The summed E-state index contributed by atoms with van der Waals surface area (Å²) in [6.07, 6.45) is 2.55. The first kappa shape index (κ1) is 20.4. The number of amides is 3. The Balaban J connectivity index is 1.51. The van der Waals surface area contributed by atoms with Gasteiger partial charge in [0.25, 0.3) is 11.8 Å². The fourth-order valence-corrected chi connectivity index (χ4v) is 3.17. The molecular formula is C21H25N3O5. The average molecular weight is 399 g/mol. The van der Waals surface area contributed by atoms with Gasteiger partial charge in [0.05, 0.1) is 19.4 Å². The number of benzene rings is 1. The van der Waals surface area contributed by atoms with Crippen LogP contribution in [0.1, 0.15) is 46.2 Å². The molecule has 0 atom stereocenters. The van der Waals surface area contributed by atoms with Crippen molar-refractivity contribution in [3.05, 3.63) is 59.5 Å². The number of ether oxygens (including phenoxy) is 1. The van der Waals surface area contributed by atoms with Crippen LogP contribution in [0, 0.1) is 0 Å². The second-order valence-corrected chi connectivity index (χ2v) is 6.78. The second-order valence-electron chi connectivity index (χ2n) is 6.78. The van der Waals surface area contributed by atoms with Crippen molar-refractivity contribution in [2.24, 2.45) is 0 Å². The number of likely N-dealkylation sites (tertiary alicyclic amines) is 1. The van der Waals surface area contributed by atoms with Crippen molar-refractivity contribution < 1.29 is 23.5 Å². The third-order valence-corrected chi connectivity index (χ3v) is 4.75. The van der Waals surface area contributed by atoms with E-state index in [2.05, 4.69) is 10.6 Å². The summed E-state index contributed by atoms with van der Waals surface area (Å²) in [6.45, 7) is 3.48. The Morgan fingerprint density at radius 3 is 2.48 bits per heavy atom. The van der Waals surface area contributed by atoms with Crippen molar-refractivity contribution >= 4 is 17.9 Å². The summed E-state index contributed by atoms with van der Waals surface area (Å²) in [6, 6.07) is 10.1. The Labute approximate surface area is 169 Å². The van der Waals surface area contributed by atoms with Gasteiger partial charge in [-0.1, -0.05) is 6.07 Å². The topological polar surface area (TPSA) is 101 Å². The van der Waals surface area contributed by atoms with Crippen molar-refractivity contribution in [2.75, 3.05) is 19.7 Å². The molecule has 1 aliphatic heterocycles. The van der Waals surface area contributed by atoms with E-state index in [1.54, 1.807) is 54.5 Å². The first-order valence-electron chi connectivity index (χ1n) is 9.70. The van der Waals surface area contributed by atoms with Crippen LogP contribution in [0.2, 0.25) is 0 Å². The lowest BCUT2D eigenvalue weighted by molar-refractivity contribution is 0.0859. The van der Waals surface area contributed by atoms with Crippen LogP contribution >= 0.6 is 0 Å². The van der Waals surface area contributed by atoms with E-state index in [0.717, 1.165) is 0 Å². The van der Waals surface area contributed by atoms with Crippen LogP contribution in [0.4, 0.5) is 4.79 Å². The van der Waals surface area contributed by atoms with Gasteiger partial charge < -0.3 is 24.7 Å². The smallest absolute Gasteiger partial charge is 0.409 e. The van der Waals surface area contributed by atoms with Gasteiger partial charge in [0.15, 0.2) is 0 Å². The zero-order chi connectivity index (χ0) is 20.6. The molecule has 3 amide bonds. The van der Waals surface area contributed by atoms with E-state index < -0.39 is 0 Å². The highest BCUT2D eigenvalue weighted by Crippen LogP contribution is 2.13. The standard InChI is InChI=1S/C21H25N3O5/c1-2-28-21(27)24-10-8-17(9-11-24)23-20(26)16-6-3-5-15(13-16)19(25)22-14-18-7-4-12-29-18/h3-7,12-13,17H,2,8-11,14H2,1H3,(H,22,25)(H,23,26). The zero-order valence-corrected chi connectivity index (χ0v) is 16.3. The fraction of sp³-hybridized carbons (Fsp3) is 0.381. The molecular weight excluding hydrogens is 374 g/mol. The highest BCUT2D eigenvalue weighted by Gasteiger charge is 2.25. The van der Waals surface area contributed by atoms with Gasteiger partial charge >= 0.3 is 6.09 Å². The molecule has 0 unspecified atom stereocenters. The summed E-state index contributed by atoms with van der Waals surface area (Å²) >= 11 is 0. The molecule has 0 spiro atoms. The van der Waals surface area contributed by atoms with Crippen LogP contribution in [0.25, 0.3) is 0 Å². The SMILES string of the molecule is CCOC(=O)N1CCC(NC(=O)c2cccc(C(=O)NCc3ccco3)c2)CC1. The number of carbonyl (C=O) groups is 3. The Bertz CT molecular complexity index is 842. The fourth-order valence-electron chi connectivity index (χ4n) is 3.17. The molecule has 1 saturated heterocycles. The summed E-state index contributed by atoms with van der Waals surface area (Å²) < 4.78 is 10.2. The lowest BCUT2D eigenvalue weighted by atomic mass is 10.0. The molecule has 154 valence electrons. The summed E-state index contributed by atoms with van der Waals surface area (Å²) in [7, 11) is 0. The summed E-state index contributed by atoms with van der Waals surface area (Å²) in [5, 5.41) is 5.74. The van der Waals surface area contributed by atoms with Crippen LogP contribution in [-0.2, 0) is 11.3 Å². The first-order chi connectivity index (χ1) is 14.1. The van der Waals surface area contributed by atoms with Crippen LogP contribution in [-0.4, -0.2) is 48.5 Å². The maximum Gasteiger partial charge on any atom is 0.409 e. The lowest BCUT2D eigenvalue weighted by Gasteiger charge is -2.31. The Kier molecular flexibility index (Phi) is 6.89. The number of carbonyl (C=O) groups excluding carboxylic acids is 3. The van der Waals surface area contributed by atoms with Crippen molar-refractivity contribution in [3.8, 4) is 0 Å². The quantitative estimate of drug-likeness (QED) is 0.777. The monoisotopic (exact) mass is 399 g/mol. The molecule has 1 aromatic carbocycles. The van der Waals surface area contributed by atoms with E-state index in [1.165, 1.54) is 0 Å². The molecule has 2 heterocycles. The highest BCUT2D eigenvalue weighted by atomic mass is 16.6. The van der Waals surface area contributed by atoms with Crippen molar-refractivity contribution in [2.45, 2.75) is 32.4 Å². The Morgan fingerprint density at radius 1 is 1.10 bits per heavy atom. The van der Waals surface area contributed by atoms with E-state index in [4.69, 9.17) is 9.15 Å². The van der Waals surface area contributed by atoms with E-state index in [1.807, 2.05) is 0 Å². The molecule has 8 nitrogen and oxygen atoms in total. The maximum atomic E-state index is 12.6. The average Bonchev–Trinajstić information content (AvgIpc) is 3.26. The Morgan fingerprint density at radius 2 is 1.83 bits per heavy atom. The predicted octanol–water partition coefficient (Wildman–Crippen LogP) is 2.56. The minimum atomic E-state index is -0.314. The number of nitrogens with zero attached hydrogens (tertiary/aromatic N) is 1. The Hall–Kier alpha value is -3.29. The van der Waals surface area contributed by atoms with Crippen molar-refractivity contribution in [1.29, 1.82) is 0 Å². The van der Waals surface area contributed by atoms with Gasteiger partial charge in [0.1, 0.15) is 5.76 Å². The minimum Gasteiger partial charge on any atom is -0.467 e. The van der Waals surface area contributed by atoms with Crippen molar-refractivity contribution in [1.82, 2.24) is 15.5 Å². The van der Waals surface area contributed by atoms with Gasteiger partial charge in [-0.15, -0.1) is 0 Å². The third kappa shape index (κ3) is 5.60. The number of rotatable bonds is 6. The van der Waals surface area contributed by atoms with E-state index in [0.29, 0.717) is 49.4 Å². The third-order valence-electron chi connectivity index (χ3n) is 4.75. The zero-order valence-electron chi connectivity index (χ0n) is 16.3. The molecule has 1 aliphatic rings.